The normalized spacial score (nSPS) is 13.6. The van der Waals surface area contributed by atoms with E-state index in [0.717, 1.165) is 38.5 Å². The maximum absolute atomic E-state index is 12.0. The standard InChI is InChI=1S/C30H56O8/c1-3-5-7-9-11-13-15-17-19-21-27(33)37-23-25(31)29(35)30(36)26(32)24-38-28(34)22-20-18-16-14-12-10-8-6-4-2/h25,29-31,35-36H,3-24H2,1-2H3/t25-,29-,30-/m1/s1. The fourth-order valence-corrected chi connectivity index (χ4v) is 4.22. The van der Waals surface area contributed by atoms with E-state index in [0.29, 0.717) is 12.8 Å². The molecule has 0 unspecified atom stereocenters. The van der Waals surface area contributed by atoms with E-state index in [1.165, 1.54) is 64.2 Å². The second-order valence-electron chi connectivity index (χ2n) is 10.5. The molecule has 0 aliphatic rings. The number of hydrogen-bond acceptors (Lipinski definition) is 8. The highest BCUT2D eigenvalue weighted by molar-refractivity contribution is 5.86. The number of aliphatic hydroxyl groups excluding tert-OH is 3. The first-order valence-corrected chi connectivity index (χ1v) is 15.2. The van der Waals surface area contributed by atoms with Gasteiger partial charge in [-0.15, -0.1) is 0 Å². The quantitative estimate of drug-likeness (QED) is 0.0904. The summed E-state index contributed by atoms with van der Waals surface area (Å²) in [4.78, 5) is 35.7. The Bertz CT molecular complexity index is 595. The molecule has 8 heteroatoms. The van der Waals surface area contributed by atoms with Crippen LogP contribution in [0.1, 0.15) is 142 Å². The molecule has 0 bridgehead atoms. The number of Topliss-reactive ketones (excluding diaryl/α,β-unsaturated/α-hetero) is 1. The Kier molecular flexibility index (Phi) is 24.7. The lowest BCUT2D eigenvalue weighted by atomic mass is 10.1. The number of carbonyl (C=O) groups is 3. The number of aliphatic hydroxyl groups is 3. The zero-order valence-corrected chi connectivity index (χ0v) is 24.2. The van der Waals surface area contributed by atoms with Crippen molar-refractivity contribution in [2.45, 2.75) is 161 Å². The number of ketones is 1. The molecule has 8 nitrogen and oxygen atoms in total. The average molecular weight is 545 g/mol. The predicted octanol–water partition coefficient (Wildman–Crippen LogP) is 5.57. The minimum Gasteiger partial charge on any atom is -0.463 e. The lowest BCUT2D eigenvalue weighted by Crippen LogP contribution is -2.45. The SMILES string of the molecule is CCCCCCCCCCCC(=O)OCC(=O)[C@@H](O)[C@H](O)[C@H](O)COC(=O)CCCCCCCCCCC. The Morgan fingerprint density at radius 3 is 1.34 bits per heavy atom. The zero-order chi connectivity index (χ0) is 28.4. The number of esters is 2. The number of carbonyl (C=O) groups excluding carboxylic acids is 3. The predicted molar refractivity (Wildman–Crippen MR) is 149 cm³/mol. The van der Waals surface area contributed by atoms with Crippen LogP contribution < -0.4 is 0 Å². The largest absolute Gasteiger partial charge is 0.463 e. The monoisotopic (exact) mass is 544 g/mol. The van der Waals surface area contributed by atoms with Crippen LogP contribution in [0.25, 0.3) is 0 Å². The van der Waals surface area contributed by atoms with Gasteiger partial charge in [-0.25, -0.2) is 0 Å². The Balaban J connectivity index is 3.87. The van der Waals surface area contributed by atoms with Crippen molar-refractivity contribution in [2.75, 3.05) is 13.2 Å². The summed E-state index contributed by atoms with van der Waals surface area (Å²) in [6.07, 6.45) is 15.2. The summed E-state index contributed by atoms with van der Waals surface area (Å²) in [7, 11) is 0. The molecule has 0 radical (unpaired) electrons. The van der Waals surface area contributed by atoms with Gasteiger partial charge < -0.3 is 24.8 Å². The molecule has 0 spiro atoms. The second-order valence-corrected chi connectivity index (χ2v) is 10.5. The topological polar surface area (TPSA) is 130 Å². The van der Waals surface area contributed by atoms with Crippen molar-refractivity contribution < 1.29 is 39.2 Å². The van der Waals surface area contributed by atoms with Crippen molar-refractivity contribution in [3.63, 3.8) is 0 Å². The Morgan fingerprint density at radius 1 is 0.553 bits per heavy atom. The highest BCUT2D eigenvalue weighted by Crippen LogP contribution is 2.12. The third-order valence-electron chi connectivity index (χ3n) is 6.81. The molecule has 0 heterocycles. The van der Waals surface area contributed by atoms with E-state index in [1.54, 1.807) is 0 Å². The second kappa shape index (κ2) is 25.8. The van der Waals surface area contributed by atoms with Gasteiger partial charge in [-0.3, -0.25) is 14.4 Å². The molecule has 0 saturated heterocycles. The van der Waals surface area contributed by atoms with E-state index in [1.807, 2.05) is 0 Å². The Labute approximate surface area is 230 Å². The van der Waals surface area contributed by atoms with Crippen LogP contribution in [0.3, 0.4) is 0 Å². The maximum atomic E-state index is 12.0. The molecule has 0 amide bonds. The first kappa shape index (κ1) is 36.5. The molecule has 0 aromatic rings. The molecule has 0 aromatic heterocycles. The molecule has 0 aliphatic carbocycles. The summed E-state index contributed by atoms with van der Waals surface area (Å²) < 4.78 is 9.86. The summed E-state index contributed by atoms with van der Waals surface area (Å²) in [6, 6.07) is 0. The van der Waals surface area contributed by atoms with Crippen molar-refractivity contribution in [2.24, 2.45) is 0 Å². The summed E-state index contributed by atoms with van der Waals surface area (Å²) >= 11 is 0. The van der Waals surface area contributed by atoms with Crippen molar-refractivity contribution in [1.82, 2.24) is 0 Å². The molecule has 0 saturated carbocycles. The molecule has 224 valence electrons. The minimum absolute atomic E-state index is 0.194. The fourth-order valence-electron chi connectivity index (χ4n) is 4.22. The number of rotatable bonds is 27. The number of hydrogen-bond donors (Lipinski definition) is 3. The van der Waals surface area contributed by atoms with Crippen LogP contribution in [0.2, 0.25) is 0 Å². The first-order chi connectivity index (χ1) is 18.3. The zero-order valence-electron chi connectivity index (χ0n) is 24.2. The molecule has 3 atom stereocenters. The van der Waals surface area contributed by atoms with E-state index < -0.39 is 49.2 Å². The minimum atomic E-state index is -1.94. The van der Waals surface area contributed by atoms with Crippen LogP contribution in [-0.2, 0) is 23.9 Å². The third-order valence-corrected chi connectivity index (χ3v) is 6.81. The lowest BCUT2D eigenvalue weighted by molar-refractivity contribution is -0.159. The smallest absolute Gasteiger partial charge is 0.306 e. The van der Waals surface area contributed by atoms with E-state index in [4.69, 9.17) is 9.47 Å². The summed E-state index contributed by atoms with van der Waals surface area (Å²) in [6.45, 7) is 3.18. The van der Waals surface area contributed by atoms with Crippen LogP contribution in [0, 0.1) is 0 Å². The average Bonchev–Trinajstić information content (AvgIpc) is 2.91. The molecular weight excluding hydrogens is 488 g/mol. The summed E-state index contributed by atoms with van der Waals surface area (Å²) in [5.74, 6) is -1.95. The molecule has 0 fully saturated rings. The van der Waals surface area contributed by atoms with Crippen LogP contribution in [0.4, 0.5) is 0 Å². The van der Waals surface area contributed by atoms with Gasteiger partial charge in [-0.2, -0.15) is 0 Å². The summed E-state index contributed by atoms with van der Waals surface area (Å²) in [5.41, 5.74) is 0. The van der Waals surface area contributed by atoms with Gasteiger partial charge in [-0.05, 0) is 12.8 Å². The maximum Gasteiger partial charge on any atom is 0.306 e. The lowest BCUT2D eigenvalue weighted by Gasteiger charge is -2.21. The van der Waals surface area contributed by atoms with Crippen molar-refractivity contribution in [3.05, 3.63) is 0 Å². The van der Waals surface area contributed by atoms with Gasteiger partial charge in [0.05, 0.1) is 0 Å². The molecule has 0 rings (SSSR count). The van der Waals surface area contributed by atoms with Crippen LogP contribution in [0.15, 0.2) is 0 Å². The molecule has 0 aliphatic heterocycles. The van der Waals surface area contributed by atoms with Gasteiger partial charge >= 0.3 is 11.9 Å². The molecule has 3 N–H and O–H groups in total. The fraction of sp³-hybridized carbons (Fsp3) is 0.900. The van der Waals surface area contributed by atoms with Gasteiger partial charge in [0, 0.05) is 12.8 Å². The van der Waals surface area contributed by atoms with Crippen LogP contribution >= 0.6 is 0 Å². The van der Waals surface area contributed by atoms with Crippen molar-refractivity contribution in [3.8, 4) is 0 Å². The summed E-state index contributed by atoms with van der Waals surface area (Å²) in [5, 5.41) is 30.0. The van der Waals surface area contributed by atoms with Crippen molar-refractivity contribution >= 4 is 17.7 Å². The number of unbranched alkanes of at least 4 members (excludes halogenated alkanes) is 16. The highest BCUT2D eigenvalue weighted by atomic mass is 16.5. The Morgan fingerprint density at radius 2 is 0.921 bits per heavy atom. The molecule has 38 heavy (non-hydrogen) atoms. The van der Waals surface area contributed by atoms with E-state index in [9.17, 15) is 29.7 Å². The molecule has 0 aromatic carbocycles. The van der Waals surface area contributed by atoms with Crippen molar-refractivity contribution in [1.29, 1.82) is 0 Å². The highest BCUT2D eigenvalue weighted by Gasteiger charge is 2.31. The Hall–Kier alpha value is -1.51. The van der Waals surface area contributed by atoms with E-state index in [-0.39, 0.29) is 12.8 Å². The van der Waals surface area contributed by atoms with Gasteiger partial charge in [0.25, 0.3) is 0 Å². The van der Waals surface area contributed by atoms with E-state index >= 15 is 0 Å². The first-order valence-electron chi connectivity index (χ1n) is 15.2. The van der Waals surface area contributed by atoms with Gasteiger partial charge in [-0.1, -0.05) is 117 Å². The van der Waals surface area contributed by atoms with E-state index in [2.05, 4.69) is 13.8 Å². The van der Waals surface area contributed by atoms with Gasteiger partial charge in [0.2, 0.25) is 5.78 Å². The third kappa shape index (κ3) is 21.4. The molecular formula is C30H56O8. The van der Waals surface area contributed by atoms with Crippen LogP contribution in [-0.4, -0.2) is 64.6 Å². The van der Waals surface area contributed by atoms with Crippen LogP contribution in [0.5, 0.6) is 0 Å². The van der Waals surface area contributed by atoms with Gasteiger partial charge in [0.1, 0.15) is 24.9 Å². The van der Waals surface area contributed by atoms with Gasteiger partial charge in [0.15, 0.2) is 6.61 Å². The number of ether oxygens (including phenoxy) is 2.